The molecule has 1 aliphatic heterocycles. The summed E-state index contributed by atoms with van der Waals surface area (Å²) < 4.78 is 10.5. The van der Waals surface area contributed by atoms with Crippen LogP contribution in [0.3, 0.4) is 0 Å². The lowest BCUT2D eigenvalue weighted by Crippen LogP contribution is -2.44. The first-order valence-electron chi connectivity index (χ1n) is 5.24. The number of ether oxygens (including phenoxy) is 1. The Hall–Kier alpha value is -1.43. The Morgan fingerprint density at radius 2 is 2.31 bits per heavy atom. The third-order valence-corrected chi connectivity index (χ3v) is 2.78. The second kappa shape index (κ2) is 4.21. The molecule has 1 saturated heterocycles. The van der Waals surface area contributed by atoms with Crippen LogP contribution in [0.5, 0.6) is 0 Å². The molecule has 1 atom stereocenters. The molecule has 1 aromatic rings. The van der Waals surface area contributed by atoms with Crippen LogP contribution in [0.2, 0.25) is 0 Å². The van der Waals surface area contributed by atoms with Crippen molar-refractivity contribution in [2.24, 2.45) is 5.92 Å². The summed E-state index contributed by atoms with van der Waals surface area (Å²) in [6.45, 7) is 5.06. The number of carbonyl (C=O) groups excluding carboxylic acids is 1. The highest BCUT2D eigenvalue weighted by molar-refractivity contribution is 5.48. The van der Waals surface area contributed by atoms with Gasteiger partial charge in [-0.2, -0.15) is 0 Å². The van der Waals surface area contributed by atoms with Gasteiger partial charge >= 0.3 is 0 Å². The Labute approximate surface area is 93.4 Å². The van der Waals surface area contributed by atoms with Gasteiger partial charge in [-0.1, -0.05) is 0 Å². The predicted octanol–water partition coefficient (Wildman–Crippen LogP) is 0.376. The summed E-state index contributed by atoms with van der Waals surface area (Å²) in [7, 11) is 0. The number of aromatic nitrogens is 2. The van der Waals surface area contributed by atoms with E-state index >= 15 is 0 Å². The lowest BCUT2D eigenvalue weighted by Gasteiger charge is -2.34. The number of rotatable bonds is 5. The van der Waals surface area contributed by atoms with Gasteiger partial charge in [0.1, 0.15) is 5.54 Å². The van der Waals surface area contributed by atoms with Crippen LogP contribution in [0.4, 0.5) is 0 Å². The van der Waals surface area contributed by atoms with Crippen molar-refractivity contribution in [1.29, 1.82) is 0 Å². The van der Waals surface area contributed by atoms with E-state index < -0.39 is 5.54 Å². The van der Waals surface area contributed by atoms with Gasteiger partial charge in [-0.15, -0.1) is 10.2 Å². The molecule has 0 saturated carbocycles. The van der Waals surface area contributed by atoms with Crippen LogP contribution < -0.4 is 5.32 Å². The molecule has 6 heteroatoms. The summed E-state index contributed by atoms with van der Waals surface area (Å²) >= 11 is 0. The summed E-state index contributed by atoms with van der Waals surface area (Å²) in [5.41, 5.74) is -0.600. The molecule has 2 rings (SSSR count). The Morgan fingerprint density at radius 1 is 1.56 bits per heavy atom. The molecule has 88 valence electrons. The van der Waals surface area contributed by atoms with Crippen molar-refractivity contribution in [2.75, 3.05) is 13.2 Å². The average Bonchev–Trinajstić information content (AvgIpc) is 2.60. The van der Waals surface area contributed by atoms with Crippen LogP contribution in [-0.2, 0) is 15.1 Å². The molecular formula is C10H15N3O3. The number of nitrogens with one attached hydrogen (secondary N) is 1. The standard InChI is InChI=1S/C10H15N3O3/c1-7-12-13-9(16-7)10(2,11-6-14)3-8-4-15-5-8/h6,8H,3-5H2,1-2H3,(H,11,14). The number of hydrogen-bond acceptors (Lipinski definition) is 5. The number of carbonyl (C=O) groups is 1. The van der Waals surface area contributed by atoms with Crippen molar-refractivity contribution in [3.8, 4) is 0 Å². The molecule has 0 aliphatic carbocycles. The molecule has 1 N–H and O–H groups in total. The van der Waals surface area contributed by atoms with E-state index in [1.54, 1.807) is 6.92 Å². The summed E-state index contributed by atoms with van der Waals surface area (Å²) in [5.74, 6) is 1.38. The average molecular weight is 225 g/mol. The number of hydrogen-bond donors (Lipinski definition) is 1. The predicted molar refractivity (Wildman–Crippen MR) is 54.5 cm³/mol. The minimum absolute atomic E-state index is 0.435. The fourth-order valence-electron chi connectivity index (χ4n) is 1.84. The first-order chi connectivity index (χ1) is 7.64. The van der Waals surface area contributed by atoms with Crippen LogP contribution >= 0.6 is 0 Å². The van der Waals surface area contributed by atoms with E-state index in [1.807, 2.05) is 6.92 Å². The smallest absolute Gasteiger partial charge is 0.241 e. The zero-order chi connectivity index (χ0) is 11.6. The number of aryl methyl sites for hydroxylation is 1. The van der Waals surface area contributed by atoms with Gasteiger partial charge in [0.15, 0.2) is 0 Å². The van der Waals surface area contributed by atoms with E-state index in [2.05, 4.69) is 15.5 Å². The van der Waals surface area contributed by atoms with Crippen LogP contribution in [0.1, 0.15) is 25.1 Å². The monoisotopic (exact) mass is 225 g/mol. The van der Waals surface area contributed by atoms with Crippen LogP contribution in [-0.4, -0.2) is 29.8 Å². The van der Waals surface area contributed by atoms with Gasteiger partial charge < -0.3 is 14.5 Å². The summed E-state index contributed by atoms with van der Waals surface area (Å²) in [6.07, 6.45) is 1.41. The van der Waals surface area contributed by atoms with Gasteiger partial charge in [-0.25, -0.2) is 0 Å². The minimum atomic E-state index is -0.600. The Morgan fingerprint density at radius 3 is 2.75 bits per heavy atom. The third kappa shape index (κ3) is 2.06. The lowest BCUT2D eigenvalue weighted by atomic mass is 9.88. The van der Waals surface area contributed by atoms with Crippen LogP contribution in [0.15, 0.2) is 4.42 Å². The second-order valence-electron chi connectivity index (χ2n) is 4.33. The third-order valence-electron chi connectivity index (χ3n) is 2.78. The van der Waals surface area contributed by atoms with E-state index in [1.165, 1.54) is 0 Å². The molecule has 2 heterocycles. The summed E-state index contributed by atoms with van der Waals surface area (Å²) in [5, 5.41) is 10.5. The second-order valence-corrected chi connectivity index (χ2v) is 4.33. The maximum absolute atomic E-state index is 10.7. The molecule has 0 aromatic carbocycles. The van der Waals surface area contributed by atoms with E-state index in [9.17, 15) is 4.79 Å². The molecular weight excluding hydrogens is 210 g/mol. The van der Waals surface area contributed by atoms with Gasteiger partial charge in [0.25, 0.3) is 0 Å². The van der Waals surface area contributed by atoms with Crippen molar-refractivity contribution in [1.82, 2.24) is 15.5 Å². The van der Waals surface area contributed by atoms with Crippen molar-refractivity contribution in [3.63, 3.8) is 0 Å². The SMILES string of the molecule is Cc1nnc(C(C)(CC2COC2)NC=O)o1. The first-order valence-corrected chi connectivity index (χ1v) is 5.24. The molecule has 1 aliphatic rings. The van der Waals surface area contributed by atoms with Crippen molar-refractivity contribution < 1.29 is 13.9 Å². The van der Waals surface area contributed by atoms with Crippen LogP contribution in [0, 0.1) is 12.8 Å². The normalized spacial score (nSPS) is 19.9. The van der Waals surface area contributed by atoms with Gasteiger partial charge in [0.05, 0.1) is 13.2 Å². The highest BCUT2D eigenvalue weighted by Gasteiger charge is 2.37. The zero-order valence-electron chi connectivity index (χ0n) is 9.40. The zero-order valence-corrected chi connectivity index (χ0v) is 9.40. The highest BCUT2D eigenvalue weighted by Crippen LogP contribution is 2.30. The molecule has 0 spiro atoms. The number of nitrogens with zero attached hydrogens (tertiary/aromatic N) is 2. The maximum Gasteiger partial charge on any atom is 0.241 e. The van der Waals surface area contributed by atoms with Crippen molar-refractivity contribution >= 4 is 6.41 Å². The van der Waals surface area contributed by atoms with Gasteiger partial charge in [0.2, 0.25) is 18.2 Å². The minimum Gasteiger partial charge on any atom is -0.423 e. The first kappa shape index (κ1) is 11.1. The fraction of sp³-hybridized carbons (Fsp3) is 0.700. The van der Waals surface area contributed by atoms with E-state index in [0.29, 0.717) is 24.1 Å². The molecule has 1 aromatic heterocycles. The Balaban J connectivity index is 2.15. The fourth-order valence-corrected chi connectivity index (χ4v) is 1.84. The van der Waals surface area contributed by atoms with E-state index in [-0.39, 0.29) is 0 Å². The van der Waals surface area contributed by atoms with Crippen LogP contribution in [0.25, 0.3) is 0 Å². The molecule has 0 bridgehead atoms. The van der Waals surface area contributed by atoms with Crippen molar-refractivity contribution in [2.45, 2.75) is 25.8 Å². The topological polar surface area (TPSA) is 77.3 Å². The highest BCUT2D eigenvalue weighted by atomic mass is 16.5. The lowest BCUT2D eigenvalue weighted by molar-refractivity contribution is -0.112. The summed E-state index contributed by atoms with van der Waals surface area (Å²) in [6, 6.07) is 0. The Bertz CT molecular complexity index is 375. The van der Waals surface area contributed by atoms with Crippen molar-refractivity contribution in [3.05, 3.63) is 11.8 Å². The maximum atomic E-state index is 10.7. The molecule has 1 amide bonds. The largest absolute Gasteiger partial charge is 0.423 e. The number of amides is 1. The van der Waals surface area contributed by atoms with E-state index in [4.69, 9.17) is 9.15 Å². The molecule has 0 radical (unpaired) electrons. The molecule has 6 nitrogen and oxygen atoms in total. The summed E-state index contributed by atoms with van der Waals surface area (Å²) in [4.78, 5) is 10.7. The van der Waals surface area contributed by atoms with Gasteiger partial charge in [0, 0.05) is 12.8 Å². The molecule has 16 heavy (non-hydrogen) atoms. The van der Waals surface area contributed by atoms with Gasteiger partial charge in [-0.3, -0.25) is 4.79 Å². The Kier molecular flexibility index (Phi) is 2.91. The van der Waals surface area contributed by atoms with Gasteiger partial charge in [-0.05, 0) is 13.3 Å². The molecule has 1 unspecified atom stereocenters. The van der Waals surface area contributed by atoms with E-state index in [0.717, 1.165) is 19.6 Å². The quantitative estimate of drug-likeness (QED) is 0.733. The molecule has 1 fully saturated rings.